The first kappa shape index (κ1) is 19.5. The van der Waals surface area contributed by atoms with Gasteiger partial charge in [0, 0.05) is 0 Å². The summed E-state index contributed by atoms with van der Waals surface area (Å²) in [5.74, 6) is 1.43. The summed E-state index contributed by atoms with van der Waals surface area (Å²) in [7, 11) is 0. The summed E-state index contributed by atoms with van der Waals surface area (Å²) >= 11 is -3.93. The fourth-order valence-electron chi connectivity index (χ4n) is 2.60. The second-order valence-corrected chi connectivity index (χ2v) is 42.5. The van der Waals surface area contributed by atoms with Crippen LogP contribution in [0.3, 0.4) is 0 Å². The first-order valence-corrected chi connectivity index (χ1v) is 30.1. The van der Waals surface area contributed by atoms with Crippen molar-refractivity contribution in [3.63, 3.8) is 0 Å². The molecule has 0 aliphatic carbocycles. The molecule has 0 atom stereocenters. The van der Waals surface area contributed by atoms with Gasteiger partial charge in [0.05, 0.1) is 0 Å². The number of rotatable bonds is 10. The molecule has 0 aromatic carbocycles. The molecule has 3 nitrogen and oxygen atoms in total. The van der Waals surface area contributed by atoms with Crippen LogP contribution in [-0.2, 0) is 9.22 Å². The van der Waals surface area contributed by atoms with E-state index in [1.807, 2.05) is 0 Å². The van der Waals surface area contributed by atoms with E-state index in [9.17, 15) is 0 Å². The van der Waals surface area contributed by atoms with Gasteiger partial charge in [-0.1, -0.05) is 0 Å². The molecule has 1 heterocycles. The van der Waals surface area contributed by atoms with Crippen molar-refractivity contribution in [2.24, 2.45) is 11.8 Å². The predicted molar refractivity (Wildman–Crippen MR) is 89.7 cm³/mol. The molecule has 120 valence electrons. The minimum absolute atomic E-state index is 0.716. The first-order valence-electron chi connectivity index (χ1n) is 8.55. The van der Waals surface area contributed by atoms with Crippen molar-refractivity contribution in [3.05, 3.63) is 0 Å². The zero-order valence-corrected chi connectivity index (χ0v) is 20.8. The van der Waals surface area contributed by atoms with Crippen molar-refractivity contribution in [1.82, 2.24) is 0 Å². The first-order chi connectivity index (χ1) is 9.69. The Kier molecular flexibility index (Phi) is 10.8. The van der Waals surface area contributed by atoms with E-state index < -0.39 is 32.9 Å². The molecule has 1 rings (SSSR count). The normalized spacial score (nSPS) is 20.1. The van der Waals surface area contributed by atoms with Gasteiger partial charge < -0.3 is 0 Å². The molecule has 0 unspecified atom stereocenters. The van der Waals surface area contributed by atoms with E-state index in [-0.39, 0.29) is 0 Å². The van der Waals surface area contributed by atoms with Gasteiger partial charge in [-0.2, -0.15) is 0 Å². The van der Waals surface area contributed by atoms with Gasteiger partial charge in [0.1, 0.15) is 0 Å². The SMILES string of the molecule is CCC(CC)C[O][Sn]1([O]CC(CC)CC)[CH2]CC[O][SnH2]1. The Bertz CT molecular complexity index is 219. The van der Waals surface area contributed by atoms with Gasteiger partial charge in [0.25, 0.3) is 0 Å². The molecular weight excluding hydrogens is 466 g/mol. The van der Waals surface area contributed by atoms with Crippen LogP contribution in [0.1, 0.15) is 59.8 Å². The Morgan fingerprint density at radius 2 is 1.45 bits per heavy atom. The third-order valence-electron chi connectivity index (χ3n) is 4.64. The molecule has 0 saturated carbocycles. The monoisotopic (exact) mass is 502 g/mol. The minimum atomic E-state index is -2.71. The third-order valence-corrected chi connectivity index (χ3v) is 41.4. The maximum atomic E-state index is 6.51. The Morgan fingerprint density at radius 1 is 0.950 bits per heavy atom. The van der Waals surface area contributed by atoms with E-state index >= 15 is 0 Å². The molecule has 0 aromatic rings. The maximum absolute atomic E-state index is 6.51. The molecule has 0 bridgehead atoms. The summed E-state index contributed by atoms with van der Waals surface area (Å²) in [6.07, 6.45) is 6.07. The summed E-state index contributed by atoms with van der Waals surface area (Å²) in [6.45, 7) is 11.9. The predicted octanol–water partition coefficient (Wildman–Crippen LogP) is 3.34. The van der Waals surface area contributed by atoms with Crippen molar-refractivity contribution in [2.45, 2.75) is 64.2 Å². The van der Waals surface area contributed by atoms with Crippen molar-refractivity contribution in [3.8, 4) is 0 Å². The van der Waals surface area contributed by atoms with Crippen LogP contribution in [0.2, 0.25) is 4.44 Å². The summed E-state index contributed by atoms with van der Waals surface area (Å²) in [5, 5.41) is 0. The van der Waals surface area contributed by atoms with Crippen molar-refractivity contribution >= 4 is 32.9 Å². The zero-order chi connectivity index (χ0) is 14.8. The molecule has 1 saturated heterocycles. The van der Waals surface area contributed by atoms with Gasteiger partial charge in [0.15, 0.2) is 0 Å². The summed E-state index contributed by atoms with van der Waals surface area (Å²) in [6, 6.07) is 0. The van der Waals surface area contributed by atoms with Crippen LogP contribution in [0.5, 0.6) is 0 Å². The van der Waals surface area contributed by atoms with Crippen LogP contribution >= 0.6 is 0 Å². The number of hydrogen-bond donors (Lipinski definition) is 0. The molecule has 1 aliphatic heterocycles. The Labute approximate surface area is 137 Å². The van der Waals surface area contributed by atoms with Crippen molar-refractivity contribution in [2.75, 3.05) is 19.8 Å². The Hall–Kier alpha value is 1.48. The van der Waals surface area contributed by atoms with Gasteiger partial charge in [-0.05, 0) is 0 Å². The molecule has 1 fully saturated rings. The topological polar surface area (TPSA) is 27.7 Å². The molecule has 0 N–H and O–H groups in total. The van der Waals surface area contributed by atoms with E-state index in [2.05, 4.69) is 27.7 Å². The third kappa shape index (κ3) is 6.71. The van der Waals surface area contributed by atoms with E-state index in [4.69, 9.17) is 9.22 Å². The Morgan fingerprint density at radius 3 is 1.80 bits per heavy atom. The van der Waals surface area contributed by atoms with Gasteiger partial charge in [-0.15, -0.1) is 0 Å². The molecule has 0 spiro atoms. The van der Waals surface area contributed by atoms with E-state index in [0.29, 0.717) is 11.8 Å². The average Bonchev–Trinajstić information content (AvgIpc) is 2.50. The van der Waals surface area contributed by atoms with Crippen LogP contribution in [0.25, 0.3) is 0 Å². The van der Waals surface area contributed by atoms with Gasteiger partial charge in [0.2, 0.25) is 0 Å². The second kappa shape index (κ2) is 11.1. The summed E-state index contributed by atoms with van der Waals surface area (Å²) in [4.78, 5) is 0. The molecular formula is C15H34O3Sn2. The standard InChI is InChI=1S/2C6H13O.C3H6O.2Sn.2H/c2*1-3-6(4-2)5-7;1-2-3-4;;;;/h2*6H,3-5H2,1-2H3;1-3H2;;;;/q3*-1;+1;+2;;. The molecule has 0 amide bonds. The van der Waals surface area contributed by atoms with Gasteiger partial charge in [-0.3, -0.25) is 0 Å². The van der Waals surface area contributed by atoms with E-state index in [1.54, 1.807) is 0 Å². The van der Waals surface area contributed by atoms with Gasteiger partial charge >= 0.3 is 138 Å². The fraction of sp³-hybridized carbons (Fsp3) is 1.00. The van der Waals surface area contributed by atoms with E-state index in [0.717, 1.165) is 19.8 Å². The van der Waals surface area contributed by atoms with Crippen molar-refractivity contribution in [1.29, 1.82) is 0 Å². The fourth-order valence-corrected chi connectivity index (χ4v) is 35.4. The molecule has 1 aliphatic rings. The van der Waals surface area contributed by atoms with Crippen LogP contribution in [0.15, 0.2) is 0 Å². The van der Waals surface area contributed by atoms with Crippen molar-refractivity contribution < 1.29 is 9.22 Å². The molecule has 5 heteroatoms. The number of hydrogen-bond acceptors (Lipinski definition) is 3. The summed E-state index contributed by atoms with van der Waals surface area (Å²) in [5.41, 5.74) is 0. The molecule has 20 heavy (non-hydrogen) atoms. The van der Waals surface area contributed by atoms with Crippen LogP contribution < -0.4 is 0 Å². The second-order valence-electron chi connectivity index (χ2n) is 6.05. The molecule has 0 radical (unpaired) electrons. The summed E-state index contributed by atoms with van der Waals surface area (Å²) < 4.78 is 20.2. The van der Waals surface area contributed by atoms with Crippen LogP contribution in [-0.4, -0.2) is 52.7 Å². The average molecular weight is 500 g/mol. The van der Waals surface area contributed by atoms with Gasteiger partial charge in [-0.25, -0.2) is 0 Å². The Balaban J connectivity index is 2.52. The molecule has 0 aromatic heterocycles. The quantitative estimate of drug-likeness (QED) is 0.432. The van der Waals surface area contributed by atoms with Crippen LogP contribution in [0, 0.1) is 11.8 Å². The van der Waals surface area contributed by atoms with Crippen LogP contribution in [0.4, 0.5) is 0 Å². The zero-order valence-electron chi connectivity index (χ0n) is 14.0. The van der Waals surface area contributed by atoms with E-state index in [1.165, 1.54) is 36.5 Å².